The lowest BCUT2D eigenvalue weighted by atomic mass is 9.82. The average molecular weight is 282 g/mol. The topological polar surface area (TPSA) is 26.3 Å². The monoisotopic (exact) mass is 282 g/mol. The van der Waals surface area contributed by atoms with E-state index in [1.807, 2.05) is 30.3 Å². The van der Waals surface area contributed by atoms with Gasteiger partial charge >= 0.3 is 0 Å². The van der Waals surface area contributed by atoms with Gasteiger partial charge in [-0.1, -0.05) is 61.7 Å². The lowest BCUT2D eigenvalue weighted by Crippen LogP contribution is -2.33. The second kappa shape index (κ2) is 6.40. The molecule has 110 valence electrons. The third-order valence-corrected chi connectivity index (χ3v) is 4.65. The molecule has 0 radical (unpaired) electrons. The van der Waals surface area contributed by atoms with E-state index in [1.165, 1.54) is 19.3 Å². The summed E-state index contributed by atoms with van der Waals surface area (Å²) in [7, 11) is 1.67. The third-order valence-electron chi connectivity index (χ3n) is 4.65. The summed E-state index contributed by atoms with van der Waals surface area (Å²) in [4.78, 5) is 13.0. The van der Waals surface area contributed by atoms with Crippen LogP contribution in [0.25, 0.3) is 10.8 Å². The van der Waals surface area contributed by atoms with Crippen molar-refractivity contribution >= 4 is 16.6 Å². The smallest absolute Gasteiger partial charge is 0.192 e. The Morgan fingerprint density at radius 3 is 2.52 bits per heavy atom. The predicted molar refractivity (Wildman–Crippen MR) is 85.7 cm³/mol. The summed E-state index contributed by atoms with van der Waals surface area (Å²) in [5.74, 6) is 0.511. The highest BCUT2D eigenvalue weighted by molar-refractivity contribution is 6.10. The van der Waals surface area contributed by atoms with Crippen LogP contribution in [0.1, 0.15) is 42.5 Å². The van der Waals surface area contributed by atoms with Crippen LogP contribution in [0.3, 0.4) is 0 Å². The van der Waals surface area contributed by atoms with Crippen molar-refractivity contribution in [1.29, 1.82) is 0 Å². The zero-order valence-corrected chi connectivity index (χ0v) is 12.5. The zero-order chi connectivity index (χ0) is 14.7. The summed E-state index contributed by atoms with van der Waals surface area (Å²) in [5.41, 5.74) is 0.797. The van der Waals surface area contributed by atoms with Gasteiger partial charge < -0.3 is 4.74 Å². The van der Waals surface area contributed by atoms with Gasteiger partial charge in [0.05, 0.1) is 0 Å². The number of Topliss-reactive ketones (excluding diaryl/α,β-unsaturated/α-hetero) is 1. The number of methoxy groups -OCH3 is 1. The summed E-state index contributed by atoms with van der Waals surface area (Å²) in [5, 5.41) is 2.14. The third kappa shape index (κ3) is 2.86. The molecule has 2 nitrogen and oxygen atoms in total. The molecule has 0 spiro atoms. The maximum Gasteiger partial charge on any atom is 0.192 e. The first-order valence-corrected chi connectivity index (χ1v) is 7.86. The molecule has 0 saturated heterocycles. The molecule has 2 heteroatoms. The van der Waals surface area contributed by atoms with Crippen molar-refractivity contribution in [3.63, 3.8) is 0 Å². The van der Waals surface area contributed by atoms with Crippen molar-refractivity contribution in [3.8, 4) is 0 Å². The molecule has 1 fully saturated rings. The van der Waals surface area contributed by atoms with Crippen LogP contribution in [0.4, 0.5) is 0 Å². The van der Waals surface area contributed by atoms with Crippen molar-refractivity contribution in [3.05, 3.63) is 48.0 Å². The molecule has 0 bridgehead atoms. The molecule has 1 unspecified atom stereocenters. The van der Waals surface area contributed by atoms with Gasteiger partial charge in [-0.05, 0) is 29.5 Å². The molecule has 3 rings (SSSR count). The minimum absolute atomic E-state index is 0.140. The quantitative estimate of drug-likeness (QED) is 0.765. The van der Waals surface area contributed by atoms with Crippen LogP contribution < -0.4 is 0 Å². The summed E-state index contributed by atoms with van der Waals surface area (Å²) >= 11 is 0. The highest BCUT2D eigenvalue weighted by Crippen LogP contribution is 2.30. The first-order valence-electron chi connectivity index (χ1n) is 7.86. The average Bonchev–Trinajstić information content (AvgIpc) is 2.56. The van der Waals surface area contributed by atoms with E-state index >= 15 is 0 Å². The van der Waals surface area contributed by atoms with Crippen LogP contribution in [0.15, 0.2) is 42.5 Å². The highest BCUT2D eigenvalue weighted by atomic mass is 16.5. The van der Waals surface area contributed by atoms with Crippen molar-refractivity contribution in [1.82, 2.24) is 0 Å². The minimum atomic E-state index is -0.295. The Labute approximate surface area is 126 Å². The zero-order valence-electron chi connectivity index (χ0n) is 12.5. The number of rotatable bonds is 4. The van der Waals surface area contributed by atoms with Gasteiger partial charge in [0.1, 0.15) is 6.10 Å². The Morgan fingerprint density at radius 2 is 1.76 bits per heavy atom. The lowest BCUT2D eigenvalue weighted by molar-refractivity contribution is 0.0316. The van der Waals surface area contributed by atoms with E-state index < -0.39 is 0 Å². The van der Waals surface area contributed by atoms with Crippen molar-refractivity contribution in [2.75, 3.05) is 7.11 Å². The first-order chi connectivity index (χ1) is 10.3. The summed E-state index contributed by atoms with van der Waals surface area (Å²) in [6.07, 6.45) is 5.64. The Hall–Kier alpha value is -1.67. The lowest BCUT2D eigenvalue weighted by Gasteiger charge is -2.28. The molecular formula is C19H22O2. The van der Waals surface area contributed by atoms with Gasteiger partial charge in [-0.3, -0.25) is 4.79 Å². The number of carbonyl (C=O) groups excluding carboxylic acids is 1. The molecule has 21 heavy (non-hydrogen) atoms. The number of hydrogen-bond donors (Lipinski definition) is 0. The summed E-state index contributed by atoms with van der Waals surface area (Å²) in [6.45, 7) is 0. The molecule has 1 atom stereocenters. The van der Waals surface area contributed by atoms with Gasteiger partial charge in [0, 0.05) is 12.7 Å². The van der Waals surface area contributed by atoms with Crippen molar-refractivity contribution in [2.24, 2.45) is 5.92 Å². The second-order valence-electron chi connectivity index (χ2n) is 5.95. The fraction of sp³-hybridized carbons (Fsp3) is 0.421. The molecule has 2 aromatic carbocycles. The summed E-state index contributed by atoms with van der Waals surface area (Å²) < 4.78 is 5.61. The molecule has 1 saturated carbocycles. The van der Waals surface area contributed by atoms with Crippen LogP contribution in [0, 0.1) is 5.92 Å². The van der Waals surface area contributed by atoms with Crippen LogP contribution in [0.5, 0.6) is 0 Å². The van der Waals surface area contributed by atoms with Gasteiger partial charge in [-0.25, -0.2) is 0 Å². The van der Waals surface area contributed by atoms with Gasteiger partial charge in [0.15, 0.2) is 5.78 Å². The maximum atomic E-state index is 13.0. The van der Waals surface area contributed by atoms with E-state index in [0.717, 1.165) is 29.2 Å². The standard InChI is InChI=1S/C19H22O2/c1-21-19(15-9-3-2-4-10-15)18(20)17-13-7-11-14-8-5-6-12-16(14)17/h5-8,11-13,15,19H,2-4,9-10H2,1H3. The Bertz CT molecular complexity index is 621. The Balaban J connectivity index is 1.94. The Kier molecular flexibility index (Phi) is 4.35. The van der Waals surface area contributed by atoms with Gasteiger partial charge in [0.2, 0.25) is 0 Å². The fourth-order valence-electron chi connectivity index (χ4n) is 3.54. The van der Waals surface area contributed by atoms with Gasteiger partial charge in [-0.15, -0.1) is 0 Å². The number of carbonyl (C=O) groups is 1. The van der Waals surface area contributed by atoms with E-state index in [2.05, 4.69) is 12.1 Å². The van der Waals surface area contributed by atoms with Crippen LogP contribution in [0.2, 0.25) is 0 Å². The molecule has 0 N–H and O–H groups in total. The normalized spacial score (nSPS) is 17.8. The fourth-order valence-corrected chi connectivity index (χ4v) is 3.54. The largest absolute Gasteiger partial charge is 0.373 e. The predicted octanol–water partition coefficient (Wildman–Crippen LogP) is 4.62. The van der Waals surface area contributed by atoms with E-state index in [9.17, 15) is 4.79 Å². The van der Waals surface area contributed by atoms with Crippen LogP contribution in [-0.4, -0.2) is 19.0 Å². The van der Waals surface area contributed by atoms with E-state index in [1.54, 1.807) is 7.11 Å². The molecule has 0 heterocycles. The van der Waals surface area contributed by atoms with Crippen molar-refractivity contribution in [2.45, 2.75) is 38.2 Å². The van der Waals surface area contributed by atoms with Crippen LogP contribution >= 0.6 is 0 Å². The minimum Gasteiger partial charge on any atom is -0.373 e. The SMILES string of the molecule is COC(C(=O)c1cccc2ccccc12)C1CCCCC1. The molecule has 1 aliphatic rings. The molecule has 1 aliphatic carbocycles. The van der Waals surface area contributed by atoms with E-state index in [0.29, 0.717) is 5.92 Å². The molecule has 0 aromatic heterocycles. The number of fused-ring (bicyclic) bond motifs is 1. The molecule has 2 aromatic rings. The number of benzene rings is 2. The summed E-state index contributed by atoms with van der Waals surface area (Å²) in [6, 6.07) is 14.0. The molecule has 0 amide bonds. The number of ketones is 1. The van der Waals surface area contributed by atoms with E-state index in [4.69, 9.17) is 4.74 Å². The highest BCUT2D eigenvalue weighted by Gasteiger charge is 2.30. The maximum absolute atomic E-state index is 13.0. The number of ether oxygens (including phenoxy) is 1. The van der Waals surface area contributed by atoms with Gasteiger partial charge in [0.25, 0.3) is 0 Å². The van der Waals surface area contributed by atoms with E-state index in [-0.39, 0.29) is 11.9 Å². The van der Waals surface area contributed by atoms with Gasteiger partial charge in [-0.2, -0.15) is 0 Å². The second-order valence-corrected chi connectivity index (χ2v) is 5.95. The molecular weight excluding hydrogens is 260 g/mol. The van der Waals surface area contributed by atoms with Crippen molar-refractivity contribution < 1.29 is 9.53 Å². The first kappa shape index (κ1) is 14.3. The number of hydrogen-bond acceptors (Lipinski definition) is 2. The molecule has 0 aliphatic heterocycles. The Morgan fingerprint density at radius 1 is 1.05 bits per heavy atom. The van der Waals surface area contributed by atoms with Crippen LogP contribution in [-0.2, 0) is 4.74 Å².